The molecule has 3 N–H and O–H groups in total. The van der Waals surface area contributed by atoms with E-state index in [1.807, 2.05) is 32.9 Å². The van der Waals surface area contributed by atoms with Gasteiger partial charge in [0, 0.05) is 17.4 Å². The lowest BCUT2D eigenvalue weighted by atomic mass is 9.92. The SMILES string of the molecule is CC(C)(C)CC(=O)Nc1ccc(OCc2ccc(Cl)s2)cc1N. The van der Waals surface area contributed by atoms with Crippen LogP contribution in [0.15, 0.2) is 30.3 Å². The lowest BCUT2D eigenvalue weighted by Crippen LogP contribution is -2.20. The van der Waals surface area contributed by atoms with Gasteiger partial charge in [-0.05, 0) is 29.7 Å². The van der Waals surface area contributed by atoms with Gasteiger partial charge in [0.25, 0.3) is 0 Å². The number of amides is 1. The normalized spacial score (nSPS) is 11.3. The first-order valence-electron chi connectivity index (χ1n) is 7.29. The van der Waals surface area contributed by atoms with Crippen LogP contribution in [0.4, 0.5) is 11.4 Å². The Labute approximate surface area is 145 Å². The van der Waals surface area contributed by atoms with Crippen LogP contribution in [0.25, 0.3) is 0 Å². The minimum Gasteiger partial charge on any atom is -0.488 e. The average molecular weight is 353 g/mol. The van der Waals surface area contributed by atoms with E-state index >= 15 is 0 Å². The van der Waals surface area contributed by atoms with Crippen molar-refractivity contribution in [2.45, 2.75) is 33.8 Å². The molecule has 23 heavy (non-hydrogen) atoms. The van der Waals surface area contributed by atoms with Gasteiger partial charge in [0.05, 0.1) is 15.7 Å². The molecule has 0 spiro atoms. The predicted octanol–water partition coefficient (Wildman–Crippen LogP) is 4.94. The Kier molecular flexibility index (Phi) is 5.55. The van der Waals surface area contributed by atoms with E-state index in [9.17, 15) is 4.79 Å². The number of halogens is 1. The second-order valence-electron chi connectivity index (χ2n) is 6.53. The molecule has 0 saturated heterocycles. The first kappa shape index (κ1) is 17.6. The highest BCUT2D eigenvalue weighted by Gasteiger charge is 2.16. The number of hydrogen-bond acceptors (Lipinski definition) is 4. The van der Waals surface area contributed by atoms with E-state index in [1.165, 1.54) is 11.3 Å². The number of benzene rings is 1. The number of hydrogen-bond donors (Lipinski definition) is 2. The van der Waals surface area contributed by atoms with Crippen LogP contribution in [0, 0.1) is 5.41 Å². The Hall–Kier alpha value is -1.72. The topological polar surface area (TPSA) is 64.3 Å². The lowest BCUT2D eigenvalue weighted by molar-refractivity contribution is -0.117. The monoisotopic (exact) mass is 352 g/mol. The van der Waals surface area contributed by atoms with Gasteiger partial charge in [-0.3, -0.25) is 4.79 Å². The molecule has 0 atom stereocenters. The van der Waals surface area contributed by atoms with Crippen molar-refractivity contribution in [2.24, 2.45) is 5.41 Å². The van der Waals surface area contributed by atoms with Gasteiger partial charge in [-0.1, -0.05) is 32.4 Å². The van der Waals surface area contributed by atoms with E-state index in [0.29, 0.717) is 30.2 Å². The van der Waals surface area contributed by atoms with Crippen molar-refractivity contribution in [3.05, 3.63) is 39.5 Å². The largest absolute Gasteiger partial charge is 0.488 e. The van der Waals surface area contributed by atoms with Crippen molar-refractivity contribution < 1.29 is 9.53 Å². The Morgan fingerprint density at radius 2 is 2.04 bits per heavy atom. The van der Waals surface area contributed by atoms with Gasteiger partial charge < -0.3 is 15.8 Å². The molecule has 2 rings (SSSR count). The fourth-order valence-electron chi connectivity index (χ4n) is 2.00. The summed E-state index contributed by atoms with van der Waals surface area (Å²) in [5.74, 6) is 0.604. The van der Waals surface area contributed by atoms with E-state index in [2.05, 4.69) is 5.32 Å². The number of nitrogens with one attached hydrogen (secondary N) is 1. The molecule has 6 heteroatoms. The van der Waals surface area contributed by atoms with Crippen molar-refractivity contribution in [2.75, 3.05) is 11.1 Å². The average Bonchev–Trinajstić information content (AvgIpc) is 2.83. The molecule has 0 radical (unpaired) electrons. The molecule has 0 aliphatic rings. The summed E-state index contributed by atoms with van der Waals surface area (Å²) in [5.41, 5.74) is 7.01. The summed E-state index contributed by atoms with van der Waals surface area (Å²) in [4.78, 5) is 13.0. The predicted molar refractivity (Wildman–Crippen MR) is 97.2 cm³/mol. The molecule has 1 aromatic heterocycles. The number of thiophene rings is 1. The van der Waals surface area contributed by atoms with Crippen LogP contribution >= 0.6 is 22.9 Å². The van der Waals surface area contributed by atoms with E-state index < -0.39 is 0 Å². The Morgan fingerprint density at radius 1 is 1.30 bits per heavy atom. The number of ether oxygens (including phenoxy) is 1. The van der Waals surface area contributed by atoms with E-state index in [0.717, 1.165) is 9.21 Å². The summed E-state index contributed by atoms with van der Waals surface area (Å²) in [7, 11) is 0. The van der Waals surface area contributed by atoms with Crippen LogP contribution in [0.1, 0.15) is 32.1 Å². The highest BCUT2D eigenvalue weighted by atomic mass is 35.5. The minimum atomic E-state index is -0.0656. The van der Waals surface area contributed by atoms with Crippen LogP contribution in [-0.2, 0) is 11.4 Å². The summed E-state index contributed by atoms with van der Waals surface area (Å²) in [6.45, 7) is 6.49. The quantitative estimate of drug-likeness (QED) is 0.749. The second-order valence-corrected chi connectivity index (χ2v) is 8.33. The summed E-state index contributed by atoms with van der Waals surface area (Å²) in [6.07, 6.45) is 0.434. The number of rotatable bonds is 5. The molecular weight excluding hydrogens is 332 g/mol. The molecule has 1 heterocycles. The molecule has 0 bridgehead atoms. The van der Waals surface area contributed by atoms with Crippen LogP contribution in [0.5, 0.6) is 5.75 Å². The molecule has 1 aromatic carbocycles. The van der Waals surface area contributed by atoms with Crippen LogP contribution in [0.3, 0.4) is 0 Å². The standard InChI is InChI=1S/C17H21ClN2O2S/c1-17(2,3)9-16(21)20-14-6-4-11(8-13(14)19)22-10-12-5-7-15(18)23-12/h4-8H,9-10,19H2,1-3H3,(H,20,21). The third kappa shape index (κ3) is 5.77. The number of anilines is 2. The van der Waals surface area contributed by atoms with Crippen LogP contribution in [-0.4, -0.2) is 5.91 Å². The van der Waals surface area contributed by atoms with Gasteiger partial charge in [-0.2, -0.15) is 0 Å². The van der Waals surface area contributed by atoms with Gasteiger partial charge in [-0.15, -0.1) is 11.3 Å². The Balaban J connectivity index is 1.96. The second kappa shape index (κ2) is 7.23. The Bertz CT molecular complexity index is 692. The van der Waals surface area contributed by atoms with E-state index in [4.69, 9.17) is 22.1 Å². The van der Waals surface area contributed by atoms with Gasteiger partial charge in [0.2, 0.25) is 5.91 Å². The van der Waals surface area contributed by atoms with Crippen molar-refractivity contribution in [3.63, 3.8) is 0 Å². The highest BCUT2D eigenvalue weighted by molar-refractivity contribution is 7.16. The van der Waals surface area contributed by atoms with Gasteiger partial charge in [0.15, 0.2) is 0 Å². The molecular formula is C17H21ClN2O2S. The zero-order valence-corrected chi connectivity index (χ0v) is 15.1. The van der Waals surface area contributed by atoms with Crippen molar-refractivity contribution in [3.8, 4) is 5.75 Å². The van der Waals surface area contributed by atoms with Gasteiger partial charge in [-0.25, -0.2) is 0 Å². The maximum atomic E-state index is 12.0. The summed E-state index contributed by atoms with van der Waals surface area (Å²) in [5, 5.41) is 2.84. The third-order valence-electron chi connectivity index (χ3n) is 3.00. The van der Waals surface area contributed by atoms with Crippen LogP contribution < -0.4 is 15.8 Å². The van der Waals surface area contributed by atoms with Crippen LogP contribution in [0.2, 0.25) is 4.34 Å². The molecule has 0 aliphatic carbocycles. The molecule has 0 unspecified atom stereocenters. The summed E-state index contributed by atoms with van der Waals surface area (Å²) < 4.78 is 6.42. The maximum Gasteiger partial charge on any atom is 0.224 e. The van der Waals surface area contributed by atoms with E-state index in [-0.39, 0.29) is 11.3 Å². The molecule has 4 nitrogen and oxygen atoms in total. The maximum absolute atomic E-state index is 12.0. The van der Waals surface area contributed by atoms with Crippen molar-refractivity contribution in [1.29, 1.82) is 0 Å². The molecule has 1 amide bonds. The number of carbonyl (C=O) groups is 1. The zero-order valence-electron chi connectivity index (χ0n) is 13.5. The number of nitrogen functional groups attached to an aromatic ring is 1. The van der Waals surface area contributed by atoms with Gasteiger partial charge >= 0.3 is 0 Å². The Morgan fingerprint density at radius 3 is 2.61 bits per heavy atom. The number of carbonyl (C=O) groups excluding carboxylic acids is 1. The smallest absolute Gasteiger partial charge is 0.224 e. The minimum absolute atomic E-state index is 0.0499. The van der Waals surface area contributed by atoms with Crippen molar-refractivity contribution in [1.82, 2.24) is 0 Å². The number of nitrogens with two attached hydrogens (primary N) is 1. The summed E-state index contributed by atoms with van der Waals surface area (Å²) in [6, 6.07) is 9.03. The lowest BCUT2D eigenvalue weighted by Gasteiger charge is -2.18. The fourth-order valence-corrected chi connectivity index (χ4v) is 3.01. The summed E-state index contributed by atoms with van der Waals surface area (Å²) >= 11 is 7.37. The first-order valence-corrected chi connectivity index (χ1v) is 8.49. The fraction of sp³-hybridized carbons (Fsp3) is 0.353. The van der Waals surface area contributed by atoms with E-state index in [1.54, 1.807) is 18.2 Å². The molecule has 124 valence electrons. The first-order chi connectivity index (χ1) is 10.7. The highest BCUT2D eigenvalue weighted by Crippen LogP contribution is 2.28. The van der Waals surface area contributed by atoms with Gasteiger partial charge in [0.1, 0.15) is 12.4 Å². The molecule has 2 aromatic rings. The third-order valence-corrected chi connectivity index (χ3v) is 4.20. The molecule has 0 fully saturated rings. The van der Waals surface area contributed by atoms with Crippen molar-refractivity contribution >= 4 is 40.2 Å². The molecule has 0 saturated carbocycles. The molecule has 0 aliphatic heterocycles. The zero-order chi connectivity index (χ0) is 17.0.